The Morgan fingerprint density at radius 3 is 3.25 bits per heavy atom. The standard InChI is InChI=1S/C6H5BrN4O/c7-3-11-2-4-1-8-6(12)9-5(4)10-11/h1-2H,3H2,(H,9,10,12). The van der Waals surface area contributed by atoms with Crippen molar-refractivity contribution in [1.82, 2.24) is 19.7 Å². The van der Waals surface area contributed by atoms with Crippen LogP contribution in [-0.2, 0) is 5.45 Å². The maximum atomic E-state index is 10.7. The van der Waals surface area contributed by atoms with Crippen LogP contribution in [0.1, 0.15) is 0 Å². The van der Waals surface area contributed by atoms with Gasteiger partial charge in [-0.3, -0.25) is 9.78 Å². The number of nitrogens with one attached hydrogen (secondary N) is 1. The minimum atomic E-state index is -0.467. The van der Waals surface area contributed by atoms with Gasteiger partial charge in [0.1, 0.15) is 0 Å². The number of rotatable bonds is 1. The van der Waals surface area contributed by atoms with Gasteiger partial charge >= 0.3 is 5.69 Å². The van der Waals surface area contributed by atoms with Crippen molar-refractivity contribution < 1.29 is 0 Å². The first-order valence-corrected chi connectivity index (χ1v) is 4.40. The minimum absolute atomic E-state index is 0.467. The Hall–Kier alpha value is -1.17. The van der Waals surface area contributed by atoms with Crippen LogP contribution in [0.4, 0.5) is 0 Å². The molecule has 1 N–H and O–H groups in total. The summed E-state index contributed by atoms with van der Waals surface area (Å²) >= 11 is 3.26. The molecule has 0 aromatic heterocycles. The zero-order valence-electron chi connectivity index (χ0n) is 5.99. The minimum Gasteiger partial charge on any atom is -0.282 e. The Kier molecular flexibility index (Phi) is 1.69. The number of hydrogen-bond donors (Lipinski definition) is 1. The molecule has 0 aromatic carbocycles. The van der Waals surface area contributed by atoms with Gasteiger partial charge in [-0.1, -0.05) is 15.9 Å². The van der Waals surface area contributed by atoms with Crippen LogP contribution in [0.5, 0.6) is 0 Å². The van der Waals surface area contributed by atoms with Crippen molar-refractivity contribution in [2.75, 3.05) is 0 Å². The number of halogens is 1. The van der Waals surface area contributed by atoms with E-state index in [1.165, 1.54) is 6.20 Å². The summed E-state index contributed by atoms with van der Waals surface area (Å²) in [6.45, 7) is 0. The second-order valence-electron chi connectivity index (χ2n) is 2.29. The first kappa shape index (κ1) is 7.48. The zero-order chi connectivity index (χ0) is 8.55. The molecule has 2 aliphatic rings. The number of aromatic amines is 1. The SMILES string of the molecule is O=c1ncc2cn(CBr)[nH]c-2n1. The highest BCUT2D eigenvalue weighted by Crippen LogP contribution is 2.13. The molecule has 12 heavy (non-hydrogen) atoms. The molecule has 0 atom stereocenters. The van der Waals surface area contributed by atoms with Gasteiger partial charge < -0.3 is 0 Å². The molecule has 62 valence electrons. The van der Waals surface area contributed by atoms with E-state index < -0.39 is 5.69 Å². The average molecular weight is 229 g/mol. The lowest BCUT2D eigenvalue weighted by atomic mass is 10.3. The highest BCUT2D eigenvalue weighted by molar-refractivity contribution is 9.08. The van der Waals surface area contributed by atoms with Crippen LogP contribution in [0.25, 0.3) is 11.4 Å². The summed E-state index contributed by atoms with van der Waals surface area (Å²) in [4.78, 5) is 17.9. The van der Waals surface area contributed by atoms with Crippen molar-refractivity contribution in [3.05, 3.63) is 22.9 Å². The lowest BCUT2D eigenvalue weighted by molar-refractivity contribution is 0.758. The number of hydrogen-bond acceptors (Lipinski definition) is 3. The van der Waals surface area contributed by atoms with Crippen molar-refractivity contribution in [1.29, 1.82) is 0 Å². The smallest absolute Gasteiger partial charge is 0.282 e. The molecule has 2 rings (SSSR count). The molecule has 6 heteroatoms. The molecule has 0 bridgehead atoms. The topological polar surface area (TPSA) is 63.6 Å². The average Bonchev–Trinajstić information content (AvgIpc) is 2.46. The number of alkyl halides is 1. The third kappa shape index (κ3) is 1.14. The van der Waals surface area contributed by atoms with Crippen molar-refractivity contribution in [3.63, 3.8) is 0 Å². The molecular weight excluding hydrogens is 224 g/mol. The predicted molar refractivity (Wildman–Crippen MR) is 46.2 cm³/mol. The van der Waals surface area contributed by atoms with E-state index in [4.69, 9.17) is 0 Å². The van der Waals surface area contributed by atoms with E-state index in [9.17, 15) is 4.79 Å². The fourth-order valence-electron chi connectivity index (χ4n) is 0.960. The van der Waals surface area contributed by atoms with Crippen LogP contribution >= 0.6 is 15.9 Å². The summed E-state index contributed by atoms with van der Waals surface area (Å²) in [6, 6.07) is 0. The van der Waals surface area contributed by atoms with Crippen LogP contribution in [-0.4, -0.2) is 19.7 Å². The van der Waals surface area contributed by atoms with E-state index >= 15 is 0 Å². The number of aromatic nitrogens is 4. The van der Waals surface area contributed by atoms with Crippen molar-refractivity contribution in [3.8, 4) is 11.4 Å². The molecule has 0 unspecified atom stereocenters. The van der Waals surface area contributed by atoms with Gasteiger partial charge in [0.05, 0.1) is 11.0 Å². The first-order chi connectivity index (χ1) is 5.79. The molecule has 0 amide bonds. The van der Waals surface area contributed by atoms with Gasteiger partial charge in [0, 0.05) is 12.4 Å². The number of H-pyrrole nitrogens is 1. The van der Waals surface area contributed by atoms with E-state index in [1.807, 2.05) is 6.20 Å². The zero-order valence-corrected chi connectivity index (χ0v) is 7.58. The molecule has 0 fully saturated rings. The monoisotopic (exact) mass is 228 g/mol. The van der Waals surface area contributed by atoms with E-state index in [0.717, 1.165) is 5.56 Å². The van der Waals surface area contributed by atoms with E-state index in [1.54, 1.807) is 4.68 Å². The van der Waals surface area contributed by atoms with Gasteiger partial charge in [-0.15, -0.1) is 0 Å². The Labute approximate surface area is 75.9 Å². The molecular formula is C6H5BrN4O. The van der Waals surface area contributed by atoms with Gasteiger partial charge in [-0.25, -0.2) is 4.79 Å². The molecule has 2 aliphatic heterocycles. The molecule has 2 heterocycles. The van der Waals surface area contributed by atoms with Gasteiger partial charge in [0.15, 0.2) is 5.82 Å². The number of nitrogens with zero attached hydrogens (tertiary/aromatic N) is 3. The molecule has 0 radical (unpaired) electrons. The van der Waals surface area contributed by atoms with Gasteiger partial charge in [0.2, 0.25) is 0 Å². The molecule has 0 aromatic rings. The summed E-state index contributed by atoms with van der Waals surface area (Å²) in [5, 5.41) is 2.90. The van der Waals surface area contributed by atoms with Crippen LogP contribution in [0.3, 0.4) is 0 Å². The summed E-state index contributed by atoms with van der Waals surface area (Å²) in [6.07, 6.45) is 3.32. The fourth-order valence-corrected chi connectivity index (χ4v) is 1.23. The third-order valence-corrected chi connectivity index (χ3v) is 2.01. The molecule has 5 nitrogen and oxygen atoms in total. The lowest BCUT2D eigenvalue weighted by Crippen LogP contribution is -2.10. The quantitative estimate of drug-likeness (QED) is 0.721. The van der Waals surface area contributed by atoms with Crippen LogP contribution in [0, 0.1) is 0 Å². The van der Waals surface area contributed by atoms with Gasteiger partial charge in [-0.05, 0) is 0 Å². The Balaban J connectivity index is 2.68. The van der Waals surface area contributed by atoms with Crippen LogP contribution in [0.15, 0.2) is 17.2 Å². The highest BCUT2D eigenvalue weighted by atomic mass is 79.9. The fraction of sp³-hybridized carbons (Fsp3) is 0.167. The third-order valence-electron chi connectivity index (χ3n) is 1.47. The van der Waals surface area contributed by atoms with E-state index in [2.05, 4.69) is 31.0 Å². The predicted octanol–water partition coefficient (Wildman–Crippen LogP) is 0.424. The molecule has 0 saturated carbocycles. The Morgan fingerprint density at radius 1 is 1.67 bits per heavy atom. The summed E-state index contributed by atoms with van der Waals surface area (Å²) in [5.41, 5.74) is 0.998. The number of fused-ring (bicyclic) bond motifs is 1. The van der Waals surface area contributed by atoms with Crippen molar-refractivity contribution >= 4 is 15.9 Å². The maximum absolute atomic E-state index is 10.7. The van der Waals surface area contributed by atoms with Crippen molar-refractivity contribution in [2.24, 2.45) is 0 Å². The largest absolute Gasteiger partial charge is 0.369 e. The highest BCUT2D eigenvalue weighted by Gasteiger charge is 2.06. The van der Waals surface area contributed by atoms with E-state index in [-0.39, 0.29) is 0 Å². The van der Waals surface area contributed by atoms with Crippen LogP contribution < -0.4 is 5.69 Å². The van der Waals surface area contributed by atoms with Crippen molar-refractivity contribution in [2.45, 2.75) is 5.45 Å². The van der Waals surface area contributed by atoms with Gasteiger partial charge in [-0.2, -0.15) is 9.97 Å². The Morgan fingerprint density at radius 2 is 2.50 bits per heavy atom. The van der Waals surface area contributed by atoms with E-state index in [0.29, 0.717) is 11.3 Å². The summed E-state index contributed by atoms with van der Waals surface area (Å²) in [7, 11) is 0. The normalized spacial score (nSPS) is 10.8. The lowest BCUT2D eigenvalue weighted by Gasteiger charge is -1.90. The summed E-state index contributed by atoms with van der Waals surface area (Å²) in [5.74, 6) is 0.564. The first-order valence-electron chi connectivity index (χ1n) is 3.28. The Bertz CT molecular complexity index is 420. The second-order valence-corrected chi connectivity index (χ2v) is 2.79. The summed E-state index contributed by atoms with van der Waals surface area (Å²) < 4.78 is 1.76. The van der Waals surface area contributed by atoms with Gasteiger partial charge in [0.25, 0.3) is 0 Å². The molecule has 0 spiro atoms. The molecule has 0 aliphatic carbocycles. The maximum Gasteiger partial charge on any atom is 0.369 e. The molecule has 0 saturated heterocycles. The second kappa shape index (κ2) is 2.71. The van der Waals surface area contributed by atoms with Crippen LogP contribution in [0.2, 0.25) is 0 Å².